The van der Waals surface area contributed by atoms with Gasteiger partial charge in [0.25, 0.3) is 0 Å². The summed E-state index contributed by atoms with van der Waals surface area (Å²) >= 11 is 0. The van der Waals surface area contributed by atoms with Gasteiger partial charge in [0.1, 0.15) is 0 Å². The fourth-order valence-electron chi connectivity index (χ4n) is 11.2. The third-order valence-corrected chi connectivity index (χ3v) is 14.4. The van der Waals surface area contributed by atoms with Crippen molar-refractivity contribution in [2.24, 2.45) is 0 Å². The van der Waals surface area contributed by atoms with Crippen LogP contribution in [0, 0.1) is 0 Å². The first-order valence-electron chi connectivity index (χ1n) is 23.3. The minimum absolute atomic E-state index is 0.105. The molecular formula is C65H46N2. The van der Waals surface area contributed by atoms with Crippen molar-refractivity contribution in [3.05, 3.63) is 254 Å². The van der Waals surface area contributed by atoms with Crippen molar-refractivity contribution < 1.29 is 0 Å². The van der Waals surface area contributed by atoms with Crippen LogP contribution in [0.2, 0.25) is 0 Å². The number of fused-ring (bicyclic) bond motifs is 9. The molecule has 0 bridgehead atoms. The third kappa shape index (κ3) is 6.25. The van der Waals surface area contributed by atoms with E-state index in [2.05, 4.69) is 266 Å². The van der Waals surface area contributed by atoms with Crippen LogP contribution in [0.25, 0.3) is 93.5 Å². The molecule has 0 spiro atoms. The molecule has 0 radical (unpaired) electrons. The molecule has 0 unspecified atom stereocenters. The standard InChI is InChI=1S/C65H46N2/c1-65(2)61-27-10-8-21-57(61)59-26-14-24-54(64(59)65)45-31-37-50(38-32-45)66(49-35-29-44(30-36-49)53-23-13-25-55-52-20-7-6-15-43(52)33-39-56(53)55)51-19-12-16-46(41-51)47-34-40-63-60(42-47)58-22-9-11-28-62(58)67(63)48-17-4-3-5-18-48/h3-42H,1-2H3. The zero-order chi connectivity index (χ0) is 44.6. The molecule has 2 nitrogen and oxygen atoms in total. The number of hydrogen-bond donors (Lipinski definition) is 0. The Labute approximate surface area is 391 Å². The molecule has 2 heteroatoms. The molecule has 1 aliphatic carbocycles. The number of anilines is 3. The largest absolute Gasteiger partial charge is 0.310 e. The fourth-order valence-corrected chi connectivity index (χ4v) is 11.2. The van der Waals surface area contributed by atoms with Crippen molar-refractivity contribution in [3.63, 3.8) is 0 Å². The smallest absolute Gasteiger partial charge is 0.0541 e. The summed E-state index contributed by atoms with van der Waals surface area (Å²) in [5.74, 6) is 0. The lowest BCUT2D eigenvalue weighted by atomic mass is 9.79. The first-order valence-corrected chi connectivity index (χ1v) is 23.3. The SMILES string of the molecule is CC1(C)c2ccccc2-c2cccc(-c3ccc(N(c4ccc(-c5cccc6c5ccc5ccccc56)cc4)c4cccc(-c5ccc6c(c5)c5ccccc5n6-c5ccccc5)c4)cc3)c21. The summed E-state index contributed by atoms with van der Waals surface area (Å²) in [4.78, 5) is 2.41. The van der Waals surface area contributed by atoms with Crippen molar-refractivity contribution in [1.82, 2.24) is 4.57 Å². The molecular weight excluding hydrogens is 809 g/mol. The maximum absolute atomic E-state index is 2.41. The van der Waals surface area contributed by atoms with Crippen LogP contribution in [-0.2, 0) is 5.41 Å². The number of aromatic nitrogens is 1. The third-order valence-electron chi connectivity index (χ3n) is 14.4. The van der Waals surface area contributed by atoms with Gasteiger partial charge in [-0.1, -0.05) is 190 Å². The topological polar surface area (TPSA) is 8.17 Å². The van der Waals surface area contributed by atoms with E-state index >= 15 is 0 Å². The highest BCUT2D eigenvalue weighted by Crippen LogP contribution is 2.52. The average molecular weight is 855 g/mol. The van der Waals surface area contributed by atoms with E-state index in [-0.39, 0.29) is 5.41 Å². The van der Waals surface area contributed by atoms with E-state index in [0.717, 1.165) is 22.7 Å². The van der Waals surface area contributed by atoms with E-state index in [1.807, 2.05) is 0 Å². The zero-order valence-electron chi connectivity index (χ0n) is 37.5. The normalized spacial score (nSPS) is 12.7. The monoisotopic (exact) mass is 854 g/mol. The Morgan fingerprint density at radius 2 is 0.910 bits per heavy atom. The summed E-state index contributed by atoms with van der Waals surface area (Å²) in [7, 11) is 0. The molecule has 0 amide bonds. The van der Waals surface area contributed by atoms with Gasteiger partial charge < -0.3 is 9.47 Å². The molecule has 1 heterocycles. The van der Waals surface area contributed by atoms with Gasteiger partial charge in [-0.3, -0.25) is 0 Å². The number of hydrogen-bond acceptors (Lipinski definition) is 1. The maximum Gasteiger partial charge on any atom is 0.0541 e. The van der Waals surface area contributed by atoms with Gasteiger partial charge >= 0.3 is 0 Å². The summed E-state index contributed by atoms with van der Waals surface area (Å²) in [5.41, 5.74) is 19.5. The molecule has 1 aliphatic rings. The summed E-state index contributed by atoms with van der Waals surface area (Å²) in [6.45, 7) is 4.74. The lowest BCUT2D eigenvalue weighted by Crippen LogP contribution is -2.16. The van der Waals surface area contributed by atoms with Crippen LogP contribution in [0.5, 0.6) is 0 Å². The Hall–Kier alpha value is -8.46. The Morgan fingerprint density at radius 3 is 1.73 bits per heavy atom. The van der Waals surface area contributed by atoms with Gasteiger partial charge in [-0.25, -0.2) is 0 Å². The molecule has 67 heavy (non-hydrogen) atoms. The number of benzene rings is 11. The molecule has 316 valence electrons. The molecule has 0 aliphatic heterocycles. The van der Waals surface area contributed by atoms with Crippen LogP contribution in [0.1, 0.15) is 25.0 Å². The highest BCUT2D eigenvalue weighted by atomic mass is 15.1. The first-order chi connectivity index (χ1) is 33.0. The molecule has 12 aromatic rings. The van der Waals surface area contributed by atoms with Crippen LogP contribution in [0.15, 0.2) is 243 Å². The van der Waals surface area contributed by atoms with E-state index in [1.165, 1.54) is 99.0 Å². The summed E-state index contributed by atoms with van der Waals surface area (Å²) in [5, 5.41) is 7.56. The number of rotatable bonds is 7. The van der Waals surface area contributed by atoms with Crippen LogP contribution in [0.4, 0.5) is 17.1 Å². The quantitative estimate of drug-likeness (QED) is 0.145. The van der Waals surface area contributed by atoms with Gasteiger partial charge in [0.05, 0.1) is 11.0 Å². The van der Waals surface area contributed by atoms with Gasteiger partial charge in [0, 0.05) is 38.9 Å². The van der Waals surface area contributed by atoms with Crippen LogP contribution in [-0.4, -0.2) is 4.57 Å². The number of nitrogens with zero attached hydrogens (tertiary/aromatic N) is 2. The van der Waals surface area contributed by atoms with E-state index < -0.39 is 0 Å². The average Bonchev–Trinajstić information content (AvgIpc) is 3.85. The summed E-state index contributed by atoms with van der Waals surface area (Å²) in [6.07, 6.45) is 0. The second-order valence-corrected chi connectivity index (χ2v) is 18.5. The van der Waals surface area contributed by atoms with Gasteiger partial charge in [0.15, 0.2) is 0 Å². The minimum atomic E-state index is -0.105. The molecule has 0 saturated carbocycles. The van der Waals surface area contributed by atoms with E-state index in [4.69, 9.17) is 0 Å². The predicted octanol–water partition coefficient (Wildman–Crippen LogP) is 17.9. The Bertz CT molecular complexity index is 3870. The second-order valence-electron chi connectivity index (χ2n) is 18.5. The first kappa shape index (κ1) is 39.0. The van der Waals surface area contributed by atoms with E-state index in [0.29, 0.717) is 0 Å². The van der Waals surface area contributed by atoms with Crippen molar-refractivity contribution >= 4 is 60.4 Å². The number of para-hydroxylation sites is 2. The summed E-state index contributed by atoms with van der Waals surface area (Å²) in [6, 6.07) is 89.3. The lowest BCUT2D eigenvalue weighted by molar-refractivity contribution is 0.662. The van der Waals surface area contributed by atoms with Crippen molar-refractivity contribution in [2.45, 2.75) is 19.3 Å². The Balaban J connectivity index is 0.929. The molecule has 0 saturated heterocycles. The lowest BCUT2D eigenvalue weighted by Gasteiger charge is -2.27. The van der Waals surface area contributed by atoms with Crippen LogP contribution in [0.3, 0.4) is 0 Å². The molecule has 0 atom stereocenters. The second kappa shape index (κ2) is 15.3. The van der Waals surface area contributed by atoms with E-state index in [1.54, 1.807) is 0 Å². The fraction of sp³-hybridized carbons (Fsp3) is 0.0462. The zero-order valence-corrected chi connectivity index (χ0v) is 37.5. The highest BCUT2D eigenvalue weighted by molar-refractivity contribution is 6.12. The predicted molar refractivity (Wildman–Crippen MR) is 284 cm³/mol. The van der Waals surface area contributed by atoms with Gasteiger partial charge in [-0.15, -0.1) is 0 Å². The Morgan fingerprint density at radius 1 is 0.328 bits per heavy atom. The van der Waals surface area contributed by atoms with E-state index in [9.17, 15) is 0 Å². The van der Waals surface area contributed by atoms with Crippen LogP contribution >= 0.6 is 0 Å². The van der Waals surface area contributed by atoms with Gasteiger partial charge in [-0.05, 0) is 144 Å². The van der Waals surface area contributed by atoms with Crippen molar-refractivity contribution in [2.75, 3.05) is 4.90 Å². The summed E-state index contributed by atoms with van der Waals surface area (Å²) < 4.78 is 2.38. The minimum Gasteiger partial charge on any atom is -0.310 e. The molecule has 0 fully saturated rings. The van der Waals surface area contributed by atoms with Crippen molar-refractivity contribution in [3.8, 4) is 50.2 Å². The van der Waals surface area contributed by atoms with Gasteiger partial charge in [-0.2, -0.15) is 0 Å². The van der Waals surface area contributed by atoms with Crippen molar-refractivity contribution in [1.29, 1.82) is 0 Å². The Kier molecular flexibility index (Phi) is 8.91. The molecule has 13 rings (SSSR count). The highest BCUT2D eigenvalue weighted by Gasteiger charge is 2.37. The van der Waals surface area contributed by atoms with Crippen LogP contribution < -0.4 is 4.90 Å². The molecule has 11 aromatic carbocycles. The molecule has 1 aromatic heterocycles. The maximum atomic E-state index is 2.41. The van der Waals surface area contributed by atoms with Gasteiger partial charge in [0.2, 0.25) is 0 Å². The molecule has 0 N–H and O–H groups in total.